The van der Waals surface area contributed by atoms with Crippen LogP contribution >= 0.6 is 0 Å². The minimum atomic E-state index is -4.54. The van der Waals surface area contributed by atoms with E-state index in [9.17, 15) is 13.2 Å². The third-order valence-electron chi connectivity index (χ3n) is 4.62. The normalized spacial score (nSPS) is 16.1. The molecule has 0 bridgehead atoms. The Balaban J connectivity index is 5.77. The highest BCUT2D eigenvalue weighted by Crippen LogP contribution is 2.41. The molecular formula is C14H30F3NOSi2. The second-order valence-electron chi connectivity index (χ2n) is 8.59. The Labute approximate surface area is 129 Å². The number of hydrogen-bond acceptors (Lipinski definition) is 2. The van der Waals surface area contributed by atoms with Crippen molar-refractivity contribution in [3.63, 3.8) is 0 Å². The standard InChI is InChI=1S/C14H30F3NOSi2/c1-12(2,3)20(7,8)18-11(14(15,16)17)19-21(9,10)13(4,5)6/h1-10H3/b18-11-. The quantitative estimate of drug-likeness (QED) is 0.344. The van der Waals surface area contributed by atoms with E-state index < -0.39 is 28.6 Å². The first-order chi connectivity index (χ1) is 8.81. The maximum atomic E-state index is 13.3. The molecule has 7 heteroatoms. The largest absolute Gasteiger partial charge is 0.528 e. The van der Waals surface area contributed by atoms with E-state index in [1.807, 2.05) is 54.6 Å². The Morgan fingerprint density at radius 1 is 0.810 bits per heavy atom. The number of rotatable bonds is 2. The Kier molecular flexibility index (Phi) is 5.63. The van der Waals surface area contributed by atoms with Gasteiger partial charge in [-0.2, -0.15) is 13.2 Å². The van der Waals surface area contributed by atoms with Crippen molar-refractivity contribution < 1.29 is 17.6 Å². The summed E-state index contributed by atoms with van der Waals surface area (Å²) in [5, 5.41) is -0.563. The lowest BCUT2D eigenvalue weighted by atomic mass is 10.2. The lowest BCUT2D eigenvalue weighted by Crippen LogP contribution is -2.48. The van der Waals surface area contributed by atoms with Gasteiger partial charge in [-0.25, -0.2) is 0 Å². The molecule has 0 fully saturated rings. The SMILES string of the molecule is CC(C)(C)[Si](C)(C)/N=C(\O[Si](C)(C)C(C)(C)C)C(F)(F)F. The summed E-state index contributed by atoms with van der Waals surface area (Å²) in [7, 11) is -5.04. The molecular weight excluding hydrogens is 311 g/mol. The van der Waals surface area contributed by atoms with Gasteiger partial charge >= 0.3 is 6.18 Å². The van der Waals surface area contributed by atoms with E-state index in [0.717, 1.165) is 0 Å². The van der Waals surface area contributed by atoms with Crippen molar-refractivity contribution in [2.75, 3.05) is 0 Å². The number of halogens is 3. The summed E-state index contributed by atoms with van der Waals surface area (Å²) in [5.74, 6) is -1.03. The second kappa shape index (κ2) is 5.72. The van der Waals surface area contributed by atoms with E-state index in [4.69, 9.17) is 4.43 Å². The predicted molar refractivity (Wildman–Crippen MR) is 89.0 cm³/mol. The molecule has 0 saturated heterocycles. The lowest BCUT2D eigenvalue weighted by molar-refractivity contribution is -0.0716. The van der Waals surface area contributed by atoms with E-state index in [1.54, 1.807) is 13.1 Å². The monoisotopic (exact) mass is 341 g/mol. The first-order valence-corrected chi connectivity index (χ1v) is 13.0. The second-order valence-corrected chi connectivity index (χ2v) is 18.2. The summed E-state index contributed by atoms with van der Waals surface area (Å²) in [6.07, 6.45) is -4.54. The van der Waals surface area contributed by atoms with Crippen LogP contribution in [0.4, 0.5) is 13.2 Å². The zero-order valence-electron chi connectivity index (χ0n) is 15.0. The van der Waals surface area contributed by atoms with Crippen LogP contribution in [0.3, 0.4) is 0 Å². The molecule has 0 N–H and O–H groups in total. The van der Waals surface area contributed by atoms with Gasteiger partial charge in [0.05, 0.1) is 0 Å². The van der Waals surface area contributed by atoms with Gasteiger partial charge in [-0.05, 0) is 36.3 Å². The molecule has 126 valence electrons. The molecule has 0 aliphatic heterocycles. The Bertz CT molecular complexity index is 402. The van der Waals surface area contributed by atoms with Crippen molar-refractivity contribution >= 4 is 22.5 Å². The molecule has 0 aromatic heterocycles. The minimum Gasteiger partial charge on any atom is -0.528 e. The van der Waals surface area contributed by atoms with E-state index in [1.165, 1.54) is 0 Å². The fourth-order valence-electron chi connectivity index (χ4n) is 0.960. The summed E-state index contributed by atoms with van der Waals surface area (Å²) >= 11 is 0. The highest BCUT2D eigenvalue weighted by molar-refractivity contribution is 6.80. The maximum Gasteiger partial charge on any atom is 0.465 e. The molecule has 0 heterocycles. The molecule has 0 aromatic carbocycles. The van der Waals surface area contributed by atoms with E-state index in [2.05, 4.69) is 4.66 Å². The van der Waals surface area contributed by atoms with Crippen molar-refractivity contribution in [1.82, 2.24) is 0 Å². The van der Waals surface area contributed by atoms with E-state index in [-0.39, 0.29) is 10.1 Å². The van der Waals surface area contributed by atoms with Crippen LogP contribution in [0.25, 0.3) is 0 Å². The van der Waals surface area contributed by atoms with Crippen molar-refractivity contribution in [2.24, 2.45) is 4.66 Å². The van der Waals surface area contributed by atoms with Crippen LogP contribution in [0.15, 0.2) is 4.66 Å². The Morgan fingerprint density at radius 3 is 1.43 bits per heavy atom. The average Bonchev–Trinajstić information content (AvgIpc) is 2.10. The van der Waals surface area contributed by atoms with Crippen LogP contribution in [0.1, 0.15) is 41.5 Å². The highest BCUT2D eigenvalue weighted by atomic mass is 28.4. The molecule has 0 saturated carbocycles. The fourth-order valence-corrected chi connectivity index (χ4v) is 3.02. The molecule has 21 heavy (non-hydrogen) atoms. The summed E-state index contributed by atoms with van der Waals surface area (Å²) in [6.45, 7) is 18.8. The van der Waals surface area contributed by atoms with Crippen molar-refractivity contribution in [1.29, 1.82) is 0 Å². The van der Waals surface area contributed by atoms with Gasteiger partial charge in [0, 0.05) is 0 Å². The van der Waals surface area contributed by atoms with Crippen LogP contribution in [-0.4, -0.2) is 28.6 Å². The molecule has 0 unspecified atom stereocenters. The molecule has 0 aliphatic carbocycles. The Hall–Kier alpha value is -0.306. The van der Waals surface area contributed by atoms with Crippen molar-refractivity contribution in [3.8, 4) is 0 Å². The number of hydrogen-bond donors (Lipinski definition) is 0. The average molecular weight is 342 g/mol. The van der Waals surface area contributed by atoms with Crippen LogP contribution in [-0.2, 0) is 4.43 Å². The number of nitrogens with zero attached hydrogens (tertiary/aromatic N) is 1. The summed E-state index contributed by atoms with van der Waals surface area (Å²) in [6, 6.07) is 0. The van der Waals surface area contributed by atoms with Crippen LogP contribution < -0.4 is 0 Å². The van der Waals surface area contributed by atoms with Gasteiger partial charge in [0.2, 0.25) is 0 Å². The predicted octanol–water partition coefficient (Wildman–Crippen LogP) is 5.97. The molecule has 0 atom stereocenters. The molecule has 2 nitrogen and oxygen atoms in total. The van der Waals surface area contributed by atoms with Gasteiger partial charge in [-0.15, -0.1) is 0 Å². The maximum absolute atomic E-state index is 13.3. The van der Waals surface area contributed by atoms with E-state index in [0.29, 0.717) is 0 Å². The molecule has 0 radical (unpaired) electrons. The third-order valence-corrected chi connectivity index (χ3v) is 13.4. The summed E-state index contributed by atoms with van der Waals surface area (Å²) in [4.78, 5) is 0. The number of alkyl halides is 3. The Morgan fingerprint density at radius 2 is 1.19 bits per heavy atom. The highest BCUT2D eigenvalue weighted by Gasteiger charge is 2.48. The van der Waals surface area contributed by atoms with Crippen LogP contribution in [0.2, 0.25) is 36.3 Å². The van der Waals surface area contributed by atoms with Gasteiger partial charge in [0.15, 0.2) is 8.24 Å². The smallest absolute Gasteiger partial charge is 0.465 e. The molecule has 0 rings (SSSR count). The topological polar surface area (TPSA) is 21.6 Å². The van der Waals surface area contributed by atoms with Crippen molar-refractivity contribution in [3.05, 3.63) is 0 Å². The van der Waals surface area contributed by atoms with Crippen molar-refractivity contribution in [2.45, 2.75) is 84.0 Å². The fraction of sp³-hybridized carbons (Fsp3) is 0.929. The van der Waals surface area contributed by atoms with Gasteiger partial charge in [-0.1, -0.05) is 41.5 Å². The first kappa shape index (κ1) is 20.7. The van der Waals surface area contributed by atoms with Gasteiger partial charge in [0.25, 0.3) is 14.2 Å². The zero-order valence-corrected chi connectivity index (χ0v) is 17.0. The lowest BCUT2D eigenvalue weighted by Gasteiger charge is -2.39. The molecule has 0 spiro atoms. The van der Waals surface area contributed by atoms with Gasteiger partial charge in [0.1, 0.15) is 0 Å². The van der Waals surface area contributed by atoms with Gasteiger partial charge < -0.3 is 4.43 Å². The molecule has 0 aromatic rings. The minimum absolute atomic E-state index is 0.264. The first-order valence-electron chi connectivity index (χ1n) is 7.17. The summed E-state index contributed by atoms with van der Waals surface area (Å²) in [5.41, 5.74) is 0. The molecule has 0 aliphatic rings. The van der Waals surface area contributed by atoms with Crippen LogP contribution in [0, 0.1) is 0 Å². The zero-order chi connectivity index (χ0) is 17.5. The van der Waals surface area contributed by atoms with Gasteiger partial charge in [-0.3, -0.25) is 4.66 Å². The third kappa shape index (κ3) is 5.43. The van der Waals surface area contributed by atoms with E-state index >= 15 is 0 Å². The molecule has 0 amide bonds. The summed E-state index contributed by atoms with van der Waals surface area (Å²) < 4.78 is 49.6. The van der Waals surface area contributed by atoms with Crippen LogP contribution in [0.5, 0.6) is 0 Å².